The highest BCUT2D eigenvalue weighted by Gasteiger charge is 2.30. The normalized spacial score (nSPS) is 19.9. The highest BCUT2D eigenvalue weighted by atomic mass is 32.2. The molecular formula is C17H22O5S2. The van der Waals surface area contributed by atoms with Crippen LogP contribution in [-0.2, 0) is 19.4 Å². The average molecular weight is 370 g/mol. The summed E-state index contributed by atoms with van der Waals surface area (Å²) < 4.78 is 28.3. The minimum atomic E-state index is -2.97. The number of sulfone groups is 1. The topological polar surface area (TPSA) is 77.5 Å². The van der Waals surface area contributed by atoms with Gasteiger partial charge in [0.1, 0.15) is 0 Å². The lowest BCUT2D eigenvalue weighted by molar-refractivity contribution is -0.129. The molecule has 0 saturated carbocycles. The highest BCUT2D eigenvalue weighted by Crippen LogP contribution is 2.33. The van der Waals surface area contributed by atoms with Gasteiger partial charge < -0.3 is 4.74 Å². The number of esters is 1. The van der Waals surface area contributed by atoms with Crippen molar-refractivity contribution in [2.45, 2.75) is 37.3 Å². The van der Waals surface area contributed by atoms with Crippen LogP contribution in [0.25, 0.3) is 0 Å². The molecule has 7 heteroatoms. The molecule has 0 amide bonds. The molecule has 1 aromatic rings. The van der Waals surface area contributed by atoms with Gasteiger partial charge in [-0.1, -0.05) is 32.9 Å². The molecular weight excluding hydrogens is 348 g/mol. The van der Waals surface area contributed by atoms with Crippen molar-refractivity contribution < 1.29 is 22.7 Å². The first kappa shape index (κ1) is 19.0. The maximum Gasteiger partial charge on any atom is 0.339 e. The lowest BCUT2D eigenvalue weighted by Crippen LogP contribution is -2.26. The smallest absolute Gasteiger partial charge is 0.339 e. The van der Waals surface area contributed by atoms with Gasteiger partial charge in [0.15, 0.2) is 22.2 Å². The largest absolute Gasteiger partial charge is 0.454 e. The Labute approximate surface area is 147 Å². The average Bonchev–Trinajstić information content (AvgIpc) is 2.83. The number of benzene rings is 1. The van der Waals surface area contributed by atoms with Crippen LogP contribution in [0.15, 0.2) is 29.2 Å². The molecule has 1 atom stereocenters. The van der Waals surface area contributed by atoms with Crippen LogP contribution in [0.3, 0.4) is 0 Å². The maximum absolute atomic E-state index is 12.3. The monoisotopic (exact) mass is 370 g/mol. The second-order valence-electron chi connectivity index (χ2n) is 6.89. The molecule has 0 spiro atoms. The summed E-state index contributed by atoms with van der Waals surface area (Å²) in [5.74, 6) is -0.389. The van der Waals surface area contributed by atoms with Crippen molar-refractivity contribution in [3.63, 3.8) is 0 Å². The Kier molecular flexibility index (Phi) is 5.75. The van der Waals surface area contributed by atoms with Crippen molar-refractivity contribution in [1.29, 1.82) is 0 Å². The second-order valence-corrected chi connectivity index (χ2v) is 10.5. The van der Waals surface area contributed by atoms with Crippen LogP contribution in [0.2, 0.25) is 0 Å². The summed E-state index contributed by atoms with van der Waals surface area (Å²) in [5.41, 5.74) is -0.194. The summed E-state index contributed by atoms with van der Waals surface area (Å²) in [6.45, 7) is 5.05. The van der Waals surface area contributed by atoms with Crippen LogP contribution < -0.4 is 0 Å². The predicted molar refractivity (Wildman–Crippen MR) is 94.1 cm³/mol. The van der Waals surface area contributed by atoms with Crippen LogP contribution in [0.1, 0.15) is 37.6 Å². The summed E-state index contributed by atoms with van der Waals surface area (Å²) in [7, 11) is -2.97. The molecule has 1 aliphatic rings. The molecule has 5 nitrogen and oxygen atoms in total. The lowest BCUT2D eigenvalue weighted by Gasteiger charge is -2.17. The summed E-state index contributed by atoms with van der Waals surface area (Å²) in [6.07, 6.45) is 0.582. The van der Waals surface area contributed by atoms with Gasteiger partial charge in [0.05, 0.1) is 17.1 Å². The molecule has 1 saturated heterocycles. The third-order valence-electron chi connectivity index (χ3n) is 3.76. The number of thioether (sulfide) groups is 1. The Morgan fingerprint density at radius 3 is 2.50 bits per heavy atom. The molecule has 1 aliphatic heterocycles. The molecule has 0 bridgehead atoms. The van der Waals surface area contributed by atoms with Crippen molar-refractivity contribution in [2.24, 2.45) is 5.41 Å². The van der Waals surface area contributed by atoms with Gasteiger partial charge >= 0.3 is 5.97 Å². The van der Waals surface area contributed by atoms with Crippen molar-refractivity contribution in [2.75, 3.05) is 18.1 Å². The first-order valence-corrected chi connectivity index (χ1v) is 10.4. The van der Waals surface area contributed by atoms with Gasteiger partial charge in [-0.3, -0.25) is 4.79 Å². The fourth-order valence-corrected chi connectivity index (χ4v) is 5.81. The van der Waals surface area contributed by atoms with Crippen LogP contribution in [-0.4, -0.2) is 43.5 Å². The molecule has 1 heterocycles. The first-order chi connectivity index (χ1) is 11.1. The molecule has 0 radical (unpaired) electrons. The highest BCUT2D eigenvalue weighted by molar-refractivity contribution is 8.02. The summed E-state index contributed by atoms with van der Waals surface area (Å²) in [6, 6.07) is 6.92. The lowest BCUT2D eigenvalue weighted by atomic mass is 9.91. The summed E-state index contributed by atoms with van der Waals surface area (Å²) >= 11 is 1.38. The standard InChI is InChI=1S/C17H22O5S2/c1-17(2,3)15(18)10-22-16(19)13-6-4-5-7-14(13)23-12-8-9-24(20,21)11-12/h4-7,12H,8-11H2,1-3H3/t12-/m1/s1. The summed E-state index contributed by atoms with van der Waals surface area (Å²) in [5, 5.41) is -0.0554. The minimum Gasteiger partial charge on any atom is -0.454 e. The number of Topliss-reactive ketones (excluding diaryl/α,β-unsaturated/α-hetero) is 1. The van der Waals surface area contributed by atoms with Gasteiger partial charge in [-0.15, -0.1) is 11.8 Å². The Balaban J connectivity index is 2.05. The van der Waals surface area contributed by atoms with Crippen LogP contribution in [0, 0.1) is 5.41 Å². The summed E-state index contributed by atoms with van der Waals surface area (Å²) in [4.78, 5) is 24.9. The van der Waals surface area contributed by atoms with Crippen LogP contribution in [0.5, 0.6) is 0 Å². The van der Waals surface area contributed by atoms with Crippen molar-refractivity contribution in [3.05, 3.63) is 29.8 Å². The molecule has 0 unspecified atom stereocenters. The van der Waals surface area contributed by atoms with E-state index in [0.29, 0.717) is 16.9 Å². The van der Waals surface area contributed by atoms with Crippen LogP contribution >= 0.6 is 11.8 Å². The Morgan fingerprint density at radius 1 is 1.25 bits per heavy atom. The van der Waals surface area contributed by atoms with Crippen LogP contribution in [0.4, 0.5) is 0 Å². The van der Waals surface area contributed by atoms with E-state index in [2.05, 4.69) is 0 Å². The molecule has 1 fully saturated rings. The van der Waals surface area contributed by atoms with Gasteiger partial charge in [-0.05, 0) is 18.6 Å². The number of rotatable bonds is 5. The van der Waals surface area contributed by atoms with E-state index < -0.39 is 21.2 Å². The van der Waals surface area contributed by atoms with E-state index in [1.807, 2.05) is 0 Å². The molecule has 0 aliphatic carbocycles. The number of hydrogen-bond donors (Lipinski definition) is 0. The zero-order valence-electron chi connectivity index (χ0n) is 14.1. The molecule has 0 N–H and O–H groups in total. The zero-order chi connectivity index (χ0) is 18.0. The first-order valence-electron chi connectivity index (χ1n) is 7.75. The number of carbonyl (C=O) groups excluding carboxylic acids is 2. The van der Waals surface area contributed by atoms with E-state index in [4.69, 9.17) is 4.74 Å². The molecule has 2 rings (SSSR count). The number of hydrogen-bond acceptors (Lipinski definition) is 6. The van der Waals surface area contributed by atoms with Gasteiger partial charge in [0.2, 0.25) is 0 Å². The molecule has 24 heavy (non-hydrogen) atoms. The zero-order valence-corrected chi connectivity index (χ0v) is 15.7. The minimum absolute atomic E-state index is 0.0554. The van der Waals surface area contributed by atoms with Crippen molar-refractivity contribution in [3.8, 4) is 0 Å². The SMILES string of the molecule is CC(C)(C)C(=O)COC(=O)c1ccccc1S[C@@H]1CCS(=O)(=O)C1. The number of ketones is 1. The fourth-order valence-electron chi connectivity index (χ4n) is 2.20. The van der Waals surface area contributed by atoms with E-state index in [1.165, 1.54) is 11.8 Å². The van der Waals surface area contributed by atoms with Gasteiger partial charge in [0, 0.05) is 15.6 Å². The van der Waals surface area contributed by atoms with Gasteiger partial charge in [-0.25, -0.2) is 13.2 Å². The van der Waals surface area contributed by atoms with Crippen molar-refractivity contribution >= 4 is 33.4 Å². The maximum atomic E-state index is 12.3. The van der Waals surface area contributed by atoms with E-state index in [1.54, 1.807) is 45.0 Å². The van der Waals surface area contributed by atoms with Gasteiger partial charge in [-0.2, -0.15) is 0 Å². The number of carbonyl (C=O) groups is 2. The number of ether oxygens (including phenoxy) is 1. The molecule has 132 valence electrons. The quantitative estimate of drug-likeness (QED) is 0.742. The second kappa shape index (κ2) is 7.27. The molecule has 1 aromatic carbocycles. The van der Waals surface area contributed by atoms with Gasteiger partial charge in [0.25, 0.3) is 0 Å². The Hall–Kier alpha value is -1.34. The molecule has 0 aromatic heterocycles. The van der Waals surface area contributed by atoms with E-state index in [9.17, 15) is 18.0 Å². The fraction of sp³-hybridized carbons (Fsp3) is 0.529. The predicted octanol–water partition coefficient (Wildman–Crippen LogP) is 2.74. The van der Waals surface area contributed by atoms with E-state index in [-0.39, 0.29) is 29.1 Å². The third-order valence-corrected chi connectivity index (χ3v) is 7.09. The Bertz CT molecular complexity index is 732. The van der Waals surface area contributed by atoms with E-state index in [0.717, 1.165) is 0 Å². The van der Waals surface area contributed by atoms with E-state index >= 15 is 0 Å². The van der Waals surface area contributed by atoms with Crippen molar-refractivity contribution in [1.82, 2.24) is 0 Å². The third kappa shape index (κ3) is 5.08. The Morgan fingerprint density at radius 2 is 1.92 bits per heavy atom.